The predicted octanol–water partition coefficient (Wildman–Crippen LogP) is 1.04. The van der Waals surface area contributed by atoms with Crippen LogP contribution in [0.1, 0.15) is 17.7 Å². The van der Waals surface area contributed by atoms with Crippen LogP contribution in [0.3, 0.4) is 0 Å². The molecule has 2 aromatic heterocycles. The summed E-state index contributed by atoms with van der Waals surface area (Å²) in [6.07, 6.45) is 5.02. The van der Waals surface area contributed by atoms with Crippen LogP contribution in [-0.4, -0.2) is 52.7 Å². The lowest BCUT2D eigenvalue weighted by molar-refractivity contribution is -0.0346. The lowest BCUT2D eigenvalue weighted by Gasteiger charge is -2.33. The van der Waals surface area contributed by atoms with E-state index >= 15 is 0 Å². The van der Waals surface area contributed by atoms with Crippen LogP contribution in [0, 0.1) is 0 Å². The number of rotatable bonds is 6. The summed E-state index contributed by atoms with van der Waals surface area (Å²) in [6, 6.07) is 5.62. The summed E-state index contributed by atoms with van der Waals surface area (Å²) in [7, 11) is 1.89. The molecule has 0 spiro atoms. The Hall–Kier alpha value is -2.25. The number of hydrogen-bond acceptors (Lipinski definition) is 6. The van der Waals surface area contributed by atoms with Crippen molar-refractivity contribution in [1.82, 2.24) is 19.9 Å². The van der Waals surface area contributed by atoms with Crippen molar-refractivity contribution in [3.8, 4) is 0 Å². The molecule has 7 nitrogen and oxygen atoms in total. The van der Waals surface area contributed by atoms with Gasteiger partial charge in [0.2, 0.25) is 0 Å². The number of aryl methyl sites for hydroxylation is 1. The van der Waals surface area contributed by atoms with Crippen LogP contribution < -0.4 is 10.9 Å². The molecule has 1 unspecified atom stereocenters. The van der Waals surface area contributed by atoms with Gasteiger partial charge in [-0.25, -0.2) is 9.97 Å². The van der Waals surface area contributed by atoms with E-state index < -0.39 is 0 Å². The lowest BCUT2D eigenvalue weighted by atomic mass is 10.1. The Labute approximate surface area is 141 Å². The number of nitrogens with zero attached hydrogens (tertiary/aromatic N) is 3. The predicted molar refractivity (Wildman–Crippen MR) is 92.0 cm³/mol. The number of nitrogens with one attached hydrogen (secondary N) is 2. The number of morpholine rings is 1. The van der Waals surface area contributed by atoms with Gasteiger partial charge in [-0.2, -0.15) is 0 Å². The first kappa shape index (κ1) is 16.6. The Morgan fingerprint density at radius 3 is 3.21 bits per heavy atom. The molecule has 3 heterocycles. The Morgan fingerprint density at radius 1 is 1.46 bits per heavy atom. The summed E-state index contributed by atoms with van der Waals surface area (Å²) in [4.78, 5) is 24.8. The fourth-order valence-corrected chi connectivity index (χ4v) is 2.99. The van der Waals surface area contributed by atoms with E-state index in [-0.39, 0.29) is 11.7 Å². The van der Waals surface area contributed by atoms with Crippen molar-refractivity contribution in [3.05, 3.63) is 52.3 Å². The molecule has 0 radical (unpaired) electrons. The van der Waals surface area contributed by atoms with E-state index in [1.54, 1.807) is 12.3 Å². The number of aromatic nitrogens is 3. The molecule has 1 fully saturated rings. The van der Waals surface area contributed by atoms with Gasteiger partial charge in [-0.05, 0) is 18.9 Å². The molecule has 3 rings (SSSR count). The first-order valence-corrected chi connectivity index (χ1v) is 8.24. The highest BCUT2D eigenvalue weighted by Gasteiger charge is 2.21. The monoisotopic (exact) mass is 329 g/mol. The van der Waals surface area contributed by atoms with Crippen molar-refractivity contribution in [2.75, 3.05) is 32.1 Å². The molecular formula is C17H23N5O2. The van der Waals surface area contributed by atoms with Gasteiger partial charge in [0.05, 0.1) is 19.0 Å². The van der Waals surface area contributed by atoms with Crippen LogP contribution in [0.25, 0.3) is 0 Å². The second kappa shape index (κ2) is 8.03. The van der Waals surface area contributed by atoms with Gasteiger partial charge in [0, 0.05) is 50.2 Å². The lowest BCUT2D eigenvalue weighted by Crippen LogP contribution is -2.42. The summed E-state index contributed by atoms with van der Waals surface area (Å²) in [6.45, 7) is 3.37. The van der Waals surface area contributed by atoms with Crippen molar-refractivity contribution >= 4 is 5.82 Å². The van der Waals surface area contributed by atoms with Crippen molar-refractivity contribution in [1.29, 1.82) is 0 Å². The minimum absolute atomic E-state index is 0.109. The quantitative estimate of drug-likeness (QED) is 0.824. The minimum Gasteiger partial charge on any atom is -0.376 e. The highest BCUT2D eigenvalue weighted by molar-refractivity contribution is 5.42. The fraction of sp³-hybridized carbons (Fsp3) is 0.471. The molecule has 2 aromatic rings. The maximum atomic E-state index is 11.3. The third-order valence-electron chi connectivity index (χ3n) is 4.20. The Kier molecular flexibility index (Phi) is 5.55. The maximum absolute atomic E-state index is 11.3. The van der Waals surface area contributed by atoms with Crippen LogP contribution in [0.2, 0.25) is 0 Å². The molecule has 1 aliphatic rings. The van der Waals surface area contributed by atoms with Crippen LogP contribution in [0.15, 0.2) is 35.5 Å². The average Bonchev–Trinajstić information content (AvgIpc) is 2.61. The third-order valence-corrected chi connectivity index (χ3v) is 4.20. The molecule has 7 heteroatoms. The van der Waals surface area contributed by atoms with Gasteiger partial charge in [-0.15, -0.1) is 0 Å². The van der Waals surface area contributed by atoms with E-state index in [0.29, 0.717) is 0 Å². The zero-order chi connectivity index (χ0) is 16.8. The first-order valence-electron chi connectivity index (χ1n) is 8.24. The third kappa shape index (κ3) is 4.39. The molecular weight excluding hydrogens is 306 g/mol. The zero-order valence-electron chi connectivity index (χ0n) is 13.9. The molecule has 1 atom stereocenters. The SMILES string of the molecule is CNc1ncccc1CN1CCOC(CCc2cc(=O)[nH]cn2)C1. The van der Waals surface area contributed by atoms with Crippen LogP contribution in [0.5, 0.6) is 0 Å². The second-order valence-electron chi connectivity index (χ2n) is 5.93. The van der Waals surface area contributed by atoms with E-state index in [9.17, 15) is 4.79 Å². The number of pyridine rings is 1. The highest BCUT2D eigenvalue weighted by atomic mass is 16.5. The molecule has 0 bridgehead atoms. The Morgan fingerprint density at radius 2 is 2.38 bits per heavy atom. The van der Waals surface area contributed by atoms with Gasteiger partial charge in [0.25, 0.3) is 5.56 Å². The van der Waals surface area contributed by atoms with E-state index in [1.807, 2.05) is 13.1 Å². The highest BCUT2D eigenvalue weighted by Crippen LogP contribution is 2.17. The van der Waals surface area contributed by atoms with Gasteiger partial charge < -0.3 is 15.0 Å². The molecule has 128 valence electrons. The van der Waals surface area contributed by atoms with Crippen LogP contribution in [0.4, 0.5) is 5.82 Å². The molecule has 0 amide bonds. The number of hydrogen-bond donors (Lipinski definition) is 2. The Bertz CT molecular complexity index is 718. The molecule has 2 N–H and O–H groups in total. The van der Waals surface area contributed by atoms with Crippen LogP contribution in [-0.2, 0) is 17.7 Å². The van der Waals surface area contributed by atoms with Crippen molar-refractivity contribution in [2.24, 2.45) is 0 Å². The zero-order valence-corrected chi connectivity index (χ0v) is 13.9. The standard InChI is InChI=1S/C17H23N5O2/c1-18-17-13(3-2-6-19-17)10-22-7-8-24-15(11-22)5-4-14-9-16(23)21-12-20-14/h2-3,6,9,12,15H,4-5,7-8,10-11H2,1H3,(H,18,19)(H,20,21,23). The fourth-order valence-electron chi connectivity index (χ4n) is 2.99. The molecule has 0 aromatic carbocycles. The maximum Gasteiger partial charge on any atom is 0.250 e. The summed E-state index contributed by atoms with van der Waals surface area (Å²) >= 11 is 0. The molecule has 1 aliphatic heterocycles. The van der Waals surface area contributed by atoms with E-state index in [4.69, 9.17) is 4.74 Å². The van der Waals surface area contributed by atoms with Crippen molar-refractivity contribution in [2.45, 2.75) is 25.5 Å². The van der Waals surface area contributed by atoms with E-state index in [1.165, 1.54) is 11.9 Å². The average molecular weight is 329 g/mol. The van der Waals surface area contributed by atoms with Gasteiger partial charge in [-0.3, -0.25) is 9.69 Å². The topological polar surface area (TPSA) is 83.1 Å². The summed E-state index contributed by atoms with van der Waals surface area (Å²) in [5.41, 5.74) is 1.89. The molecule has 0 aliphatic carbocycles. The van der Waals surface area contributed by atoms with Gasteiger partial charge >= 0.3 is 0 Å². The molecule has 24 heavy (non-hydrogen) atoms. The largest absolute Gasteiger partial charge is 0.376 e. The van der Waals surface area contributed by atoms with Crippen LogP contribution >= 0.6 is 0 Å². The first-order chi connectivity index (χ1) is 11.7. The Balaban J connectivity index is 1.55. The summed E-state index contributed by atoms with van der Waals surface area (Å²) in [5.74, 6) is 0.924. The van der Waals surface area contributed by atoms with Crippen molar-refractivity contribution < 1.29 is 4.74 Å². The smallest absolute Gasteiger partial charge is 0.250 e. The summed E-state index contributed by atoms with van der Waals surface area (Å²) < 4.78 is 5.87. The number of H-pyrrole nitrogens is 1. The van der Waals surface area contributed by atoms with Gasteiger partial charge in [0.15, 0.2) is 0 Å². The molecule has 0 saturated carbocycles. The van der Waals surface area contributed by atoms with Crippen molar-refractivity contribution in [3.63, 3.8) is 0 Å². The minimum atomic E-state index is -0.109. The van der Waals surface area contributed by atoms with Gasteiger partial charge in [-0.1, -0.05) is 6.07 Å². The van der Waals surface area contributed by atoms with E-state index in [0.717, 1.165) is 50.6 Å². The van der Waals surface area contributed by atoms with E-state index in [2.05, 4.69) is 31.2 Å². The molecule has 1 saturated heterocycles. The normalized spacial score (nSPS) is 18.5. The second-order valence-corrected chi connectivity index (χ2v) is 5.93. The number of ether oxygens (including phenoxy) is 1. The summed E-state index contributed by atoms with van der Waals surface area (Å²) in [5, 5.41) is 3.14. The van der Waals surface area contributed by atoms with Gasteiger partial charge in [0.1, 0.15) is 5.82 Å². The number of aromatic amines is 1. The number of anilines is 1.